The second-order valence-corrected chi connectivity index (χ2v) is 3.50. The summed E-state index contributed by atoms with van der Waals surface area (Å²) in [6.07, 6.45) is 6.12. The van der Waals surface area contributed by atoms with Crippen molar-refractivity contribution in [2.45, 2.75) is 39.0 Å². The van der Waals surface area contributed by atoms with Crippen LogP contribution in [0, 0.1) is 0 Å². The smallest absolute Gasteiger partial charge is 0.0455 e. The minimum atomic E-state index is 0.697. The summed E-state index contributed by atoms with van der Waals surface area (Å²) >= 11 is 0. The van der Waals surface area contributed by atoms with E-state index in [0.717, 1.165) is 26.1 Å². The van der Waals surface area contributed by atoms with Gasteiger partial charge < -0.3 is 11.5 Å². The molecule has 0 aliphatic heterocycles. The first-order valence-electron chi connectivity index (χ1n) is 5.47. The zero-order valence-corrected chi connectivity index (χ0v) is 8.97. The highest BCUT2D eigenvalue weighted by Crippen LogP contribution is 1.99. The van der Waals surface area contributed by atoms with Crippen molar-refractivity contribution in [2.75, 3.05) is 26.3 Å². The van der Waals surface area contributed by atoms with E-state index in [1.165, 1.54) is 25.7 Å². The molecule has 3 nitrogen and oxygen atoms in total. The van der Waals surface area contributed by atoms with Crippen LogP contribution >= 0.6 is 0 Å². The molecule has 0 fully saturated rings. The predicted molar refractivity (Wildman–Crippen MR) is 58.4 cm³/mol. The van der Waals surface area contributed by atoms with Gasteiger partial charge in [-0.1, -0.05) is 19.8 Å². The van der Waals surface area contributed by atoms with Crippen LogP contribution < -0.4 is 11.5 Å². The molecule has 4 N–H and O–H groups in total. The number of nitrogens with two attached hydrogens (primary N) is 2. The van der Waals surface area contributed by atoms with Crippen LogP contribution in [0.1, 0.15) is 39.0 Å². The molecular formula is C10H25N3. The Morgan fingerprint density at radius 1 is 0.923 bits per heavy atom. The van der Waals surface area contributed by atoms with Gasteiger partial charge in [0.2, 0.25) is 0 Å². The fourth-order valence-corrected chi connectivity index (χ4v) is 1.33. The number of hydrogen-bond donors (Lipinski definition) is 2. The van der Waals surface area contributed by atoms with Gasteiger partial charge in [-0.15, -0.1) is 0 Å². The lowest BCUT2D eigenvalue weighted by atomic mass is 10.2. The average Bonchev–Trinajstić information content (AvgIpc) is 2.17. The maximum Gasteiger partial charge on any atom is 0.0455 e. The molecule has 0 aromatic carbocycles. The van der Waals surface area contributed by atoms with E-state index in [0.29, 0.717) is 6.67 Å². The molecule has 0 unspecified atom stereocenters. The van der Waals surface area contributed by atoms with Crippen molar-refractivity contribution in [3.05, 3.63) is 0 Å². The van der Waals surface area contributed by atoms with Crippen LogP contribution in [-0.4, -0.2) is 31.2 Å². The highest BCUT2D eigenvalue weighted by atomic mass is 15.2. The molecule has 0 aliphatic rings. The van der Waals surface area contributed by atoms with E-state index in [1.807, 2.05) is 0 Å². The number of rotatable bonds is 9. The average molecular weight is 187 g/mol. The van der Waals surface area contributed by atoms with Gasteiger partial charge >= 0.3 is 0 Å². The summed E-state index contributed by atoms with van der Waals surface area (Å²) in [5.74, 6) is 0. The topological polar surface area (TPSA) is 55.3 Å². The summed E-state index contributed by atoms with van der Waals surface area (Å²) in [5.41, 5.74) is 11.0. The van der Waals surface area contributed by atoms with E-state index in [1.54, 1.807) is 0 Å². The Labute approximate surface area is 82.5 Å². The molecule has 80 valence electrons. The van der Waals surface area contributed by atoms with Gasteiger partial charge in [0.15, 0.2) is 0 Å². The second kappa shape index (κ2) is 9.96. The zero-order chi connectivity index (χ0) is 9.94. The van der Waals surface area contributed by atoms with E-state index in [4.69, 9.17) is 11.5 Å². The first-order valence-corrected chi connectivity index (χ1v) is 5.47. The van der Waals surface area contributed by atoms with Gasteiger partial charge in [0.05, 0.1) is 0 Å². The SMILES string of the molecule is CCCCN(CN)CCCCCN. The normalized spacial score (nSPS) is 11.1. The molecular weight excluding hydrogens is 162 g/mol. The van der Waals surface area contributed by atoms with Gasteiger partial charge in [-0.2, -0.15) is 0 Å². The van der Waals surface area contributed by atoms with E-state index in [2.05, 4.69) is 11.8 Å². The van der Waals surface area contributed by atoms with Crippen molar-refractivity contribution in [1.82, 2.24) is 4.90 Å². The lowest BCUT2D eigenvalue weighted by Crippen LogP contribution is -2.31. The van der Waals surface area contributed by atoms with Crippen LogP contribution in [0.2, 0.25) is 0 Å². The fraction of sp³-hybridized carbons (Fsp3) is 1.00. The molecule has 0 aromatic rings. The van der Waals surface area contributed by atoms with E-state index in [-0.39, 0.29) is 0 Å². The van der Waals surface area contributed by atoms with Gasteiger partial charge in [-0.3, -0.25) is 4.90 Å². The van der Waals surface area contributed by atoms with Gasteiger partial charge in [0.25, 0.3) is 0 Å². The summed E-state index contributed by atoms with van der Waals surface area (Å²) < 4.78 is 0. The first kappa shape index (κ1) is 12.9. The van der Waals surface area contributed by atoms with Crippen molar-refractivity contribution in [2.24, 2.45) is 11.5 Å². The van der Waals surface area contributed by atoms with Gasteiger partial charge in [-0.25, -0.2) is 0 Å². The summed E-state index contributed by atoms with van der Waals surface area (Å²) in [4.78, 5) is 2.32. The summed E-state index contributed by atoms with van der Waals surface area (Å²) in [6, 6.07) is 0. The third-order valence-corrected chi connectivity index (χ3v) is 2.26. The molecule has 0 rings (SSSR count). The van der Waals surface area contributed by atoms with E-state index in [9.17, 15) is 0 Å². The fourth-order valence-electron chi connectivity index (χ4n) is 1.33. The van der Waals surface area contributed by atoms with E-state index >= 15 is 0 Å². The highest BCUT2D eigenvalue weighted by Gasteiger charge is 2.00. The van der Waals surface area contributed by atoms with Crippen LogP contribution in [0.3, 0.4) is 0 Å². The number of unbranched alkanes of at least 4 members (excludes halogenated alkanes) is 3. The second-order valence-electron chi connectivity index (χ2n) is 3.50. The quantitative estimate of drug-likeness (QED) is 0.420. The Morgan fingerprint density at radius 3 is 2.15 bits per heavy atom. The molecule has 0 amide bonds. The van der Waals surface area contributed by atoms with Crippen LogP contribution in [0.25, 0.3) is 0 Å². The summed E-state index contributed by atoms with van der Waals surface area (Å²) in [6.45, 7) is 6.01. The third kappa shape index (κ3) is 8.22. The Morgan fingerprint density at radius 2 is 1.62 bits per heavy atom. The lowest BCUT2D eigenvalue weighted by Gasteiger charge is -2.19. The molecule has 0 heterocycles. The predicted octanol–water partition coefficient (Wildman–Crippen LogP) is 1.13. The third-order valence-electron chi connectivity index (χ3n) is 2.26. The molecule has 0 atom stereocenters. The minimum absolute atomic E-state index is 0.697. The maximum absolute atomic E-state index is 5.63. The standard InChI is InChI=1S/C10H25N3/c1-2-3-8-13(10-12)9-6-4-5-7-11/h2-12H2,1H3. The van der Waals surface area contributed by atoms with Crippen molar-refractivity contribution in [3.63, 3.8) is 0 Å². The number of hydrogen-bond acceptors (Lipinski definition) is 3. The Balaban J connectivity index is 3.25. The van der Waals surface area contributed by atoms with E-state index < -0.39 is 0 Å². The monoisotopic (exact) mass is 187 g/mol. The Hall–Kier alpha value is -0.120. The van der Waals surface area contributed by atoms with Gasteiger partial charge in [-0.05, 0) is 38.9 Å². The summed E-state index contributed by atoms with van der Waals surface area (Å²) in [7, 11) is 0. The molecule has 0 saturated heterocycles. The number of nitrogens with zero attached hydrogens (tertiary/aromatic N) is 1. The molecule has 0 aromatic heterocycles. The maximum atomic E-state index is 5.63. The van der Waals surface area contributed by atoms with Gasteiger partial charge in [0.1, 0.15) is 0 Å². The Kier molecular flexibility index (Phi) is 9.87. The van der Waals surface area contributed by atoms with Gasteiger partial charge in [0, 0.05) is 6.67 Å². The molecule has 0 aliphatic carbocycles. The lowest BCUT2D eigenvalue weighted by molar-refractivity contribution is 0.270. The molecule has 0 spiro atoms. The van der Waals surface area contributed by atoms with Crippen molar-refractivity contribution in [3.8, 4) is 0 Å². The Bertz CT molecular complexity index is 96.2. The summed E-state index contributed by atoms with van der Waals surface area (Å²) in [5, 5.41) is 0. The first-order chi connectivity index (χ1) is 6.35. The molecule has 0 saturated carbocycles. The molecule has 13 heavy (non-hydrogen) atoms. The van der Waals surface area contributed by atoms with Crippen molar-refractivity contribution < 1.29 is 0 Å². The van der Waals surface area contributed by atoms with Crippen LogP contribution in [0.5, 0.6) is 0 Å². The molecule has 0 radical (unpaired) electrons. The molecule has 0 bridgehead atoms. The minimum Gasteiger partial charge on any atom is -0.330 e. The highest BCUT2D eigenvalue weighted by molar-refractivity contribution is 4.55. The van der Waals surface area contributed by atoms with Crippen molar-refractivity contribution in [1.29, 1.82) is 0 Å². The molecule has 3 heteroatoms. The van der Waals surface area contributed by atoms with Crippen LogP contribution in [0.15, 0.2) is 0 Å². The van der Waals surface area contributed by atoms with Crippen LogP contribution in [-0.2, 0) is 0 Å². The van der Waals surface area contributed by atoms with Crippen LogP contribution in [0.4, 0.5) is 0 Å². The van der Waals surface area contributed by atoms with Crippen molar-refractivity contribution >= 4 is 0 Å². The largest absolute Gasteiger partial charge is 0.330 e. The zero-order valence-electron chi connectivity index (χ0n) is 8.97.